The number of aromatic nitrogens is 1. The molecule has 7 heteroatoms. The van der Waals surface area contributed by atoms with Crippen LogP contribution in [0, 0.1) is 5.82 Å². The average Bonchev–Trinajstić information content (AvgIpc) is 3.65. The van der Waals surface area contributed by atoms with Crippen molar-refractivity contribution in [2.24, 2.45) is 0 Å². The van der Waals surface area contributed by atoms with Gasteiger partial charge >= 0.3 is 0 Å². The number of benzene rings is 3. The Morgan fingerprint density at radius 3 is 2.53 bits per heavy atom. The lowest BCUT2D eigenvalue weighted by atomic mass is 10.1. The fraction of sp³-hybridized carbons (Fsp3) is 0.241. The Morgan fingerprint density at radius 1 is 1.00 bits per heavy atom. The molecule has 1 aromatic heterocycles. The van der Waals surface area contributed by atoms with E-state index in [4.69, 9.17) is 11.6 Å². The third-order valence-corrected chi connectivity index (χ3v) is 6.83. The second-order valence-corrected chi connectivity index (χ2v) is 9.66. The molecule has 36 heavy (non-hydrogen) atoms. The molecule has 1 fully saturated rings. The van der Waals surface area contributed by atoms with Crippen LogP contribution in [0.2, 0.25) is 5.02 Å². The van der Waals surface area contributed by atoms with Gasteiger partial charge in [0.2, 0.25) is 5.91 Å². The number of carbonyl (C=O) groups is 2. The van der Waals surface area contributed by atoms with Crippen molar-refractivity contribution in [1.29, 1.82) is 0 Å². The molecule has 0 aliphatic heterocycles. The number of hydrogen-bond acceptors (Lipinski definition) is 2. The Morgan fingerprint density at radius 2 is 1.78 bits per heavy atom. The van der Waals surface area contributed by atoms with Crippen molar-refractivity contribution in [2.45, 2.75) is 31.8 Å². The van der Waals surface area contributed by atoms with Gasteiger partial charge in [0.1, 0.15) is 12.4 Å². The lowest BCUT2D eigenvalue weighted by Gasteiger charge is -2.28. The first-order valence-corrected chi connectivity index (χ1v) is 12.5. The quantitative estimate of drug-likeness (QED) is 0.312. The van der Waals surface area contributed by atoms with Gasteiger partial charge in [-0.3, -0.25) is 9.59 Å². The number of rotatable bonds is 9. The van der Waals surface area contributed by atoms with E-state index in [1.807, 2.05) is 24.4 Å². The summed E-state index contributed by atoms with van der Waals surface area (Å²) in [5, 5.41) is 1.61. The van der Waals surface area contributed by atoms with Crippen molar-refractivity contribution in [3.63, 3.8) is 0 Å². The minimum absolute atomic E-state index is 0.00884. The molecule has 0 saturated heterocycles. The molecule has 0 atom stereocenters. The van der Waals surface area contributed by atoms with Gasteiger partial charge in [-0.1, -0.05) is 48.0 Å². The Bertz CT molecular complexity index is 1380. The van der Waals surface area contributed by atoms with E-state index < -0.39 is 0 Å². The van der Waals surface area contributed by atoms with Crippen LogP contribution in [-0.2, 0) is 17.8 Å². The van der Waals surface area contributed by atoms with Crippen LogP contribution in [0.4, 0.5) is 4.39 Å². The molecule has 5 nitrogen and oxygen atoms in total. The van der Waals surface area contributed by atoms with Crippen molar-refractivity contribution in [1.82, 2.24) is 14.8 Å². The van der Waals surface area contributed by atoms with Crippen molar-refractivity contribution in [3.8, 4) is 0 Å². The maximum atomic E-state index is 13.6. The lowest BCUT2D eigenvalue weighted by molar-refractivity contribution is -0.132. The highest BCUT2D eigenvalue weighted by Gasteiger charge is 2.35. The van der Waals surface area contributed by atoms with Crippen LogP contribution in [0.1, 0.15) is 34.3 Å². The second-order valence-electron chi connectivity index (χ2n) is 9.23. The summed E-state index contributed by atoms with van der Waals surface area (Å²) in [4.78, 5) is 33.6. The molecular formula is C29H27ClFN3O2. The zero-order valence-corrected chi connectivity index (χ0v) is 20.5. The highest BCUT2D eigenvalue weighted by Crippen LogP contribution is 2.29. The van der Waals surface area contributed by atoms with E-state index in [-0.39, 0.29) is 30.2 Å². The highest BCUT2D eigenvalue weighted by atomic mass is 35.5. The normalized spacial score (nSPS) is 13.1. The minimum atomic E-state index is -0.317. The maximum Gasteiger partial charge on any atom is 0.254 e. The van der Waals surface area contributed by atoms with Gasteiger partial charge in [0, 0.05) is 46.8 Å². The number of amides is 2. The van der Waals surface area contributed by atoms with Gasteiger partial charge in [-0.05, 0) is 66.8 Å². The summed E-state index contributed by atoms with van der Waals surface area (Å²) in [5.74, 6) is -0.643. The molecule has 0 radical (unpaired) electrons. The Balaban J connectivity index is 1.35. The molecule has 1 heterocycles. The number of para-hydroxylation sites is 1. The Kier molecular flexibility index (Phi) is 7.05. The first-order valence-electron chi connectivity index (χ1n) is 12.1. The van der Waals surface area contributed by atoms with E-state index in [0.29, 0.717) is 30.1 Å². The molecule has 1 aliphatic carbocycles. The van der Waals surface area contributed by atoms with Crippen LogP contribution in [0.3, 0.4) is 0 Å². The molecule has 0 spiro atoms. The number of fused-ring (bicyclic) bond motifs is 1. The van der Waals surface area contributed by atoms with E-state index in [1.165, 1.54) is 12.1 Å². The van der Waals surface area contributed by atoms with Crippen LogP contribution in [0.5, 0.6) is 0 Å². The van der Waals surface area contributed by atoms with Crippen LogP contribution in [0.15, 0.2) is 79.0 Å². The lowest BCUT2D eigenvalue weighted by Crippen LogP contribution is -2.44. The Hall–Kier alpha value is -3.64. The summed E-state index contributed by atoms with van der Waals surface area (Å²) in [6.45, 7) is 0.804. The molecular weight excluding hydrogens is 477 g/mol. The third-order valence-electron chi connectivity index (χ3n) is 6.59. The summed E-state index contributed by atoms with van der Waals surface area (Å²) in [7, 11) is 0. The fourth-order valence-corrected chi connectivity index (χ4v) is 4.67. The number of carbonyl (C=O) groups excluding carboxylic acids is 2. The topological polar surface area (TPSA) is 56.4 Å². The summed E-state index contributed by atoms with van der Waals surface area (Å²) in [5.41, 5.74) is 3.49. The maximum absolute atomic E-state index is 13.6. The van der Waals surface area contributed by atoms with Crippen LogP contribution in [0.25, 0.3) is 10.9 Å². The molecule has 1 saturated carbocycles. The van der Waals surface area contributed by atoms with Crippen LogP contribution < -0.4 is 0 Å². The van der Waals surface area contributed by atoms with E-state index in [0.717, 1.165) is 34.9 Å². The molecule has 0 unspecified atom stereocenters. The predicted octanol–water partition coefficient (Wildman–Crippen LogP) is 5.84. The molecule has 3 aromatic carbocycles. The summed E-state index contributed by atoms with van der Waals surface area (Å²) >= 11 is 6.10. The predicted molar refractivity (Wildman–Crippen MR) is 139 cm³/mol. The summed E-state index contributed by atoms with van der Waals surface area (Å²) in [6.07, 6.45) is 4.40. The Labute approximate surface area is 214 Å². The molecule has 1 N–H and O–H groups in total. The monoisotopic (exact) mass is 503 g/mol. The van der Waals surface area contributed by atoms with Crippen LogP contribution in [-0.4, -0.2) is 45.7 Å². The van der Waals surface area contributed by atoms with Crippen molar-refractivity contribution in [3.05, 3.63) is 107 Å². The van der Waals surface area contributed by atoms with E-state index >= 15 is 0 Å². The van der Waals surface area contributed by atoms with E-state index in [9.17, 15) is 14.0 Å². The largest absolute Gasteiger partial charge is 0.361 e. The summed E-state index contributed by atoms with van der Waals surface area (Å²) in [6, 6.07) is 21.1. The smallest absolute Gasteiger partial charge is 0.254 e. The first-order chi connectivity index (χ1) is 17.5. The fourth-order valence-electron chi connectivity index (χ4n) is 4.48. The molecule has 0 bridgehead atoms. The summed E-state index contributed by atoms with van der Waals surface area (Å²) < 4.78 is 13.5. The highest BCUT2D eigenvalue weighted by molar-refractivity contribution is 6.31. The number of aromatic amines is 1. The number of halogens is 2. The van der Waals surface area contributed by atoms with Gasteiger partial charge in [0.25, 0.3) is 5.91 Å². The minimum Gasteiger partial charge on any atom is -0.361 e. The average molecular weight is 504 g/mol. The van der Waals surface area contributed by atoms with Gasteiger partial charge in [-0.15, -0.1) is 0 Å². The number of nitrogens with zero attached hydrogens (tertiary/aromatic N) is 2. The molecule has 2 amide bonds. The van der Waals surface area contributed by atoms with Gasteiger partial charge in [-0.25, -0.2) is 4.39 Å². The zero-order chi connectivity index (χ0) is 25.1. The number of nitrogens with one attached hydrogen (secondary N) is 1. The van der Waals surface area contributed by atoms with Crippen molar-refractivity contribution >= 4 is 34.3 Å². The van der Waals surface area contributed by atoms with Gasteiger partial charge in [0.05, 0.1) is 0 Å². The molecule has 5 rings (SSSR count). The van der Waals surface area contributed by atoms with Gasteiger partial charge < -0.3 is 14.8 Å². The second kappa shape index (κ2) is 10.5. The number of hydrogen-bond donors (Lipinski definition) is 1. The van der Waals surface area contributed by atoms with Crippen molar-refractivity contribution < 1.29 is 14.0 Å². The molecule has 1 aliphatic rings. The zero-order valence-electron chi connectivity index (χ0n) is 19.8. The molecule has 184 valence electrons. The van der Waals surface area contributed by atoms with E-state index in [2.05, 4.69) is 11.1 Å². The standard InChI is InChI=1S/C29H27ClFN3O2/c30-23-5-3-4-21(16-23)29(36)34(25-12-13-25)19-28(35)33(18-20-8-10-24(31)11-9-20)15-14-22-17-32-27-7-2-1-6-26(22)27/h1-11,16-17,25,32H,12-15,18-19H2. The van der Waals surface area contributed by atoms with Gasteiger partial charge in [-0.2, -0.15) is 0 Å². The van der Waals surface area contributed by atoms with E-state index in [1.54, 1.807) is 46.2 Å². The van der Waals surface area contributed by atoms with Crippen LogP contribution >= 0.6 is 11.6 Å². The first kappa shape index (κ1) is 24.1. The SMILES string of the molecule is O=C(CN(C(=O)c1cccc(Cl)c1)C1CC1)N(CCc1c[nH]c2ccccc12)Cc1ccc(F)cc1. The third kappa shape index (κ3) is 5.60. The van der Waals surface area contributed by atoms with Crippen molar-refractivity contribution in [2.75, 3.05) is 13.1 Å². The number of H-pyrrole nitrogens is 1. The van der Waals surface area contributed by atoms with Gasteiger partial charge in [0.15, 0.2) is 0 Å². The molecule has 4 aromatic rings.